The molecule has 2 N–H and O–H groups in total. The standard InChI is InChI=1S/C18H26N4O2S2.HI/c1-5-15-12-21-17(25-15)8-9-20-18(19-3)22-11-14-6-7-16(13(2)10-14)26(4,23)24;/h6-7,10,12H,5,8-9,11H2,1-4H3,(H2,19,20,22);1H. The number of sulfone groups is 1. The number of guanidine groups is 1. The van der Waals surface area contributed by atoms with Crippen molar-refractivity contribution in [1.29, 1.82) is 0 Å². The molecule has 0 radical (unpaired) electrons. The van der Waals surface area contributed by atoms with Crippen LogP contribution >= 0.6 is 35.3 Å². The van der Waals surface area contributed by atoms with Crippen LogP contribution < -0.4 is 10.6 Å². The third-order valence-electron chi connectivity index (χ3n) is 3.90. The summed E-state index contributed by atoms with van der Waals surface area (Å²) in [6.07, 6.45) is 5.04. The minimum absolute atomic E-state index is 0. The molecule has 0 amide bonds. The fraction of sp³-hybridized carbons (Fsp3) is 0.444. The zero-order chi connectivity index (χ0) is 19.2. The van der Waals surface area contributed by atoms with E-state index in [1.807, 2.05) is 25.3 Å². The fourth-order valence-electron chi connectivity index (χ4n) is 2.56. The molecule has 2 rings (SSSR count). The molecule has 1 aromatic carbocycles. The lowest BCUT2D eigenvalue weighted by atomic mass is 10.1. The Labute approximate surface area is 182 Å². The largest absolute Gasteiger partial charge is 0.356 e. The second kappa shape index (κ2) is 11.0. The maximum atomic E-state index is 11.7. The first-order valence-corrected chi connectivity index (χ1v) is 11.2. The van der Waals surface area contributed by atoms with Gasteiger partial charge in [-0.3, -0.25) is 4.99 Å². The molecule has 9 heteroatoms. The van der Waals surface area contributed by atoms with E-state index in [4.69, 9.17) is 0 Å². The van der Waals surface area contributed by atoms with Crippen molar-refractivity contribution in [2.75, 3.05) is 19.8 Å². The molecule has 0 spiro atoms. The number of benzene rings is 1. The lowest BCUT2D eigenvalue weighted by Gasteiger charge is -2.12. The van der Waals surface area contributed by atoms with E-state index in [0.717, 1.165) is 35.5 Å². The summed E-state index contributed by atoms with van der Waals surface area (Å²) in [5.74, 6) is 0.710. The Morgan fingerprint density at radius 1 is 1.30 bits per heavy atom. The van der Waals surface area contributed by atoms with E-state index >= 15 is 0 Å². The Bertz CT molecular complexity index is 879. The van der Waals surface area contributed by atoms with Crippen LogP contribution in [0.15, 0.2) is 34.3 Å². The summed E-state index contributed by atoms with van der Waals surface area (Å²) >= 11 is 1.75. The smallest absolute Gasteiger partial charge is 0.191 e. The number of aliphatic imine (C=N–C) groups is 1. The molecule has 0 fully saturated rings. The first kappa shape index (κ1) is 23.8. The summed E-state index contributed by atoms with van der Waals surface area (Å²) in [7, 11) is -1.46. The zero-order valence-electron chi connectivity index (χ0n) is 16.1. The summed E-state index contributed by atoms with van der Waals surface area (Å²) in [4.78, 5) is 10.3. The van der Waals surface area contributed by atoms with E-state index in [2.05, 4.69) is 27.5 Å². The van der Waals surface area contributed by atoms with Gasteiger partial charge in [0, 0.05) is 43.9 Å². The molecule has 0 bridgehead atoms. The molecule has 2 aromatic rings. The highest BCUT2D eigenvalue weighted by atomic mass is 127. The van der Waals surface area contributed by atoms with Crippen LogP contribution in [0.2, 0.25) is 0 Å². The van der Waals surface area contributed by atoms with Crippen molar-refractivity contribution < 1.29 is 8.42 Å². The van der Waals surface area contributed by atoms with Crippen LogP contribution in [0.5, 0.6) is 0 Å². The Balaban J connectivity index is 0.00000364. The lowest BCUT2D eigenvalue weighted by molar-refractivity contribution is 0.601. The Morgan fingerprint density at radius 2 is 2.04 bits per heavy atom. The van der Waals surface area contributed by atoms with Crippen molar-refractivity contribution >= 4 is 51.1 Å². The monoisotopic (exact) mass is 522 g/mol. The van der Waals surface area contributed by atoms with Gasteiger partial charge in [-0.25, -0.2) is 13.4 Å². The molecular formula is C18H27IN4O2S2. The van der Waals surface area contributed by atoms with E-state index in [1.165, 1.54) is 11.1 Å². The van der Waals surface area contributed by atoms with Gasteiger partial charge in [0.05, 0.1) is 9.90 Å². The molecule has 150 valence electrons. The highest BCUT2D eigenvalue weighted by Gasteiger charge is 2.11. The van der Waals surface area contributed by atoms with Gasteiger partial charge in [-0.15, -0.1) is 35.3 Å². The minimum atomic E-state index is -3.19. The van der Waals surface area contributed by atoms with Gasteiger partial charge in [0.1, 0.15) is 0 Å². The first-order valence-electron chi connectivity index (χ1n) is 8.51. The topological polar surface area (TPSA) is 83.4 Å². The van der Waals surface area contributed by atoms with Crippen LogP contribution in [0.4, 0.5) is 0 Å². The second-order valence-electron chi connectivity index (χ2n) is 6.05. The van der Waals surface area contributed by atoms with Crippen molar-refractivity contribution in [3.63, 3.8) is 0 Å². The van der Waals surface area contributed by atoms with Crippen molar-refractivity contribution in [3.8, 4) is 0 Å². The quantitative estimate of drug-likeness (QED) is 0.332. The third-order valence-corrected chi connectivity index (χ3v) is 6.36. The number of halogens is 1. The van der Waals surface area contributed by atoms with Crippen LogP contribution in [-0.2, 0) is 29.2 Å². The van der Waals surface area contributed by atoms with Crippen molar-refractivity contribution in [2.24, 2.45) is 4.99 Å². The van der Waals surface area contributed by atoms with Gasteiger partial charge < -0.3 is 10.6 Å². The van der Waals surface area contributed by atoms with Crippen LogP contribution in [-0.4, -0.2) is 39.2 Å². The highest BCUT2D eigenvalue weighted by Crippen LogP contribution is 2.16. The SMILES string of the molecule is CCc1cnc(CCNC(=NC)NCc2ccc(S(C)(=O)=O)c(C)c2)s1.I. The number of hydrogen-bond acceptors (Lipinski definition) is 5. The van der Waals surface area contributed by atoms with E-state index in [0.29, 0.717) is 17.4 Å². The summed E-state index contributed by atoms with van der Waals surface area (Å²) in [6, 6.07) is 5.37. The molecular weight excluding hydrogens is 495 g/mol. The molecule has 0 atom stereocenters. The van der Waals surface area contributed by atoms with Gasteiger partial charge in [-0.05, 0) is 30.5 Å². The lowest BCUT2D eigenvalue weighted by Crippen LogP contribution is -2.37. The van der Waals surface area contributed by atoms with Crippen LogP contribution in [0.25, 0.3) is 0 Å². The van der Waals surface area contributed by atoms with Crippen molar-refractivity contribution in [1.82, 2.24) is 15.6 Å². The van der Waals surface area contributed by atoms with Gasteiger partial charge in [-0.1, -0.05) is 19.1 Å². The highest BCUT2D eigenvalue weighted by molar-refractivity contribution is 14.0. The molecule has 0 aliphatic rings. The maximum absolute atomic E-state index is 11.7. The van der Waals surface area contributed by atoms with Gasteiger partial charge in [-0.2, -0.15) is 0 Å². The number of nitrogens with zero attached hydrogens (tertiary/aromatic N) is 2. The Kier molecular flexibility index (Phi) is 9.68. The van der Waals surface area contributed by atoms with Gasteiger partial charge in [0.2, 0.25) is 0 Å². The summed E-state index contributed by atoms with van der Waals surface area (Å²) in [5.41, 5.74) is 1.76. The molecule has 1 aromatic heterocycles. The first-order chi connectivity index (χ1) is 12.3. The number of aromatic nitrogens is 1. The molecule has 0 aliphatic carbocycles. The number of hydrogen-bond donors (Lipinski definition) is 2. The average Bonchev–Trinajstić information content (AvgIpc) is 3.04. The molecule has 0 unspecified atom stereocenters. The predicted octanol–water partition coefficient (Wildman–Crippen LogP) is 2.94. The molecule has 0 saturated carbocycles. The Hall–Kier alpha value is -1.20. The minimum Gasteiger partial charge on any atom is -0.356 e. The van der Waals surface area contributed by atoms with Crippen LogP contribution in [0.1, 0.15) is 27.9 Å². The normalized spacial score (nSPS) is 11.8. The van der Waals surface area contributed by atoms with Gasteiger partial charge >= 0.3 is 0 Å². The van der Waals surface area contributed by atoms with E-state index in [-0.39, 0.29) is 24.0 Å². The maximum Gasteiger partial charge on any atom is 0.191 e. The molecule has 0 aliphatic heterocycles. The molecule has 27 heavy (non-hydrogen) atoms. The average molecular weight is 522 g/mol. The van der Waals surface area contributed by atoms with Crippen LogP contribution in [0.3, 0.4) is 0 Å². The molecule has 6 nitrogen and oxygen atoms in total. The predicted molar refractivity (Wildman–Crippen MR) is 123 cm³/mol. The van der Waals surface area contributed by atoms with Gasteiger partial charge in [0.25, 0.3) is 0 Å². The summed E-state index contributed by atoms with van der Waals surface area (Å²) < 4.78 is 23.4. The number of nitrogens with one attached hydrogen (secondary N) is 2. The van der Waals surface area contributed by atoms with E-state index in [1.54, 1.807) is 24.5 Å². The number of aryl methyl sites for hydroxylation is 2. The van der Waals surface area contributed by atoms with E-state index < -0.39 is 9.84 Å². The van der Waals surface area contributed by atoms with Gasteiger partial charge in [0.15, 0.2) is 15.8 Å². The Morgan fingerprint density at radius 3 is 2.59 bits per heavy atom. The number of rotatable bonds is 7. The summed E-state index contributed by atoms with van der Waals surface area (Å²) in [5, 5.41) is 7.64. The van der Waals surface area contributed by atoms with Crippen molar-refractivity contribution in [3.05, 3.63) is 45.4 Å². The van der Waals surface area contributed by atoms with Crippen molar-refractivity contribution in [2.45, 2.75) is 38.1 Å². The summed E-state index contributed by atoms with van der Waals surface area (Å²) in [6.45, 7) is 5.27. The molecule has 0 saturated heterocycles. The second-order valence-corrected chi connectivity index (χ2v) is 9.23. The fourth-order valence-corrected chi connectivity index (χ4v) is 4.38. The zero-order valence-corrected chi connectivity index (χ0v) is 20.0. The molecule has 1 heterocycles. The third kappa shape index (κ3) is 7.38. The number of thiazole rings is 1. The van der Waals surface area contributed by atoms with Crippen LogP contribution in [0, 0.1) is 6.92 Å². The van der Waals surface area contributed by atoms with E-state index in [9.17, 15) is 8.42 Å².